The molecule has 0 aromatic heterocycles. The normalized spacial score (nSPS) is 21.5. The van der Waals surface area contributed by atoms with Crippen molar-refractivity contribution in [1.82, 2.24) is 4.90 Å². The molecule has 6 heteroatoms. The smallest absolute Gasteiger partial charge is 0.338 e. The number of phenols is 1. The van der Waals surface area contributed by atoms with Crippen LogP contribution in [0.2, 0.25) is 0 Å². The number of morpholine rings is 1. The number of benzene rings is 1. The molecular weight excluding hydrogens is 286 g/mol. The first-order chi connectivity index (χ1) is 10.4. The lowest BCUT2D eigenvalue weighted by Crippen LogP contribution is -2.49. The van der Waals surface area contributed by atoms with Crippen LogP contribution in [0.25, 0.3) is 0 Å². The Morgan fingerprint density at radius 2 is 1.95 bits per heavy atom. The maximum absolute atomic E-state index is 12.1. The van der Waals surface area contributed by atoms with Crippen molar-refractivity contribution < 1.29 is 24.2 Å². The van der Waals surface area contributed by atoms with Crippen molar-refractivity contribution in [1.29, 1.82) is 0 Å². The Balaban J connectivity index is 1.90. The van der Waals surface area contributed by atoms with Crippen LogP contribution >= 0.6 is 0 Å². The van der Waals surface area contributed by atoms with Gasteiger partial charge in [0.2, 0.25) is 0 Å². The van der Waals surface area contributed by atoms with Crippen LogP contribution in [0.15, 0.2) is 18.2 Å². The van der Waals surface area contributed by atoms with Gasteiger partial charge in [0.05, 0.1) is 17.8 Å². The molecule has 1 N–H and O–H groups in total. The molecule has 0 saturated carbocycles. The van der Waals surface area contributed by atoms with Crippen LogP contribution in [0.5, 0.6) is 5.75 Å². The number of aryl methyl sites for hydroxylation is 1. The average molecular weight is 307 g/mol. The predicted octanol–water partition coefficient (Wildman–Crippen LogP) is 1.49. The molecule has 1 aliphatic rings. The number of nitrogens with zero attached hydrogens (tertiary/aromatic N) is 1. The van der Waals surface area contributed by atoms with Gasteiger partial charge in [0.25, 0.3) is 5.91 Å². The minimum absolute atomic E-state index is 0.0246. The summed E-state index contributed by atoms with van der Waals surface area (Å²) in [5.41, 5.74) is 0.892. The third-order valence-electron chi connectivity index (χ3n) is 3.54. The lowest BCUT2D eigenvalue weighted by atomic mass is 10.1. The Hall–Kier alpha value is -2.08. The third-order valence-corrected chi connectivity index (χ3v) is 3.54. The van der Waals surface area contributed by atoms with Crippen LogP contribution in [0.4, 0.5) is 0 Å². The third kappa shape index (κ3) is 3.98. The first-order valence-corrected chi connectivity index (χ1v) is 7.26. The molecule has 6 nitrogen and oxygen atoms in total. The van der Waals surface area contributed by atoms with Crippen LogP contribution < -0.4 is 0 Å². The predicted molar refractivity (Wildman–Crippen MR) is 79.7 cm³/mol. The van der Waals surface area contributed by atoms with Crippen LogP contribution in [0.1, 0.15) is 29.8 Å². The van der Waals surface area contributed by atoms with E-state index >= 15 is 0 Å². The number of esters is 1. The Morgan fingerprint density at radius 3 is 2.55 bits per heavy atom. The molecule has 1 saturated heterocycles. The summed E-state index contributed by atoms with van der Waals surface area (Å²) in [4.78, 5) is 25.6. The number of aromatic hydroxyl groups is 1. The van der Waals surface area contributed by atoms with E-state index in [-0.39, 0.29) is 36.0 Å². The van der Waals surface area contributed by atoms with Crippen LogP contribution in [0.3, 0.4) is 0 Å². The minimum atomic E-state index is -0.627. The first kappa shape index (κ1) is 16.3. The Morgan fingerprint density at radius 1 is 1.32 bits per heavy atom. The Bertz CT molecular complexity index is 562. The van der Waals surface area contributed by atoms with E-state index in [4.69, 9.17) is 9.47 Å². The summed E-state index contributed by atoms with van der Waals surface area (Å²) >= 11 is 0. The van der Waals surface area contributed by atoms with E-state index in [0.717, 1.165) is 0 Å². The molecule has 0 bridgehead atoms. The van der Waals surface area contributed by atoms with Crippen molar-refractivity contribution in [3.05, 3.63) is 29.3 Å². The molecule has 1 heterocycles. The second kappa shape index (κ2) is 6.79. The number of ether oxygens (including phenoxy) is 2. The number of carbonyl (C=O) groups is 2. The molecule has 1 aromatic carbocycles. The molecule has 0 spiro atoms. The van der Waals surface area contributed by atoms with Gasteiger partial charge >= 0.3 is 5.97 Å². The summed E-state index contributed by atoms with van der Waals surface area (Å²) in [6.07, 6.45) is -0.0603. The molecule has 1 aromatic rings. The van der Waals surface area contributed by atoms with Gasteiger partial charge < -0.3 is 19.5 Å². The van der Waals surface area contributed by atoms with E-state index in [1.165, 1.54) is 6.07 Å². The fraction of sp³-hybridized carbons (Fsp3) is 0.500. The van der Waals surface area contributed by atoms with Gasteiger partial charge in [-0.3, -0.25) is 4.79 Å². The van der Waals surface area contributed by atoms with E-state index in [0.29, 0.717) is 18.7 Å². The van der Waals surface area contributed by atoms with Gasteiger partial charge in [-0.25, -0.2) is 4.79 Å². The highest BCUT2D eigenvalue weighted by molar-refractivity contribution is 5.91. The van der Waals surface area contributed by atoms with Gasteiger partial charge in [-0.15, -0.1) is 0 Å². The topological polar surface area (TPSA) is 76.1 Å². The van der Waals surface area contributed by atoms with Gasteiger partial charge in [-0.1, -0.05) is 6.07 Å². The molecular formula is C16H21NO5. The molecule has 0 unspecified atom stereocenters. The summed E-state index contributed by atoms with van der Waals surface area (Å²) < 4.78 is 10.6. The van der Waals surface area contributed by atoms with E-state index < -0.39 is 5.97 Å². The summed E-state index contributed by atoms with van der Waals surface area (Å²) in [6, 6.07) is 4.51. The maximum atomic E-state index is 12.1. The van der Waals surface area contributed by atoms with Gasteiger partial charge in [0.1, 0.15) is 5.75 Å². The molecule has 1 aliphatic heterocycles. The molecule has 0 radical (unpaired) electrons. The Kier molecular flexibility index (Phi) is 5.03. The van der Waals surface area contributed by atoms with Crippen LogP contribution in [-0.2, 0) is 14.3 Å². The molecule has 2 atom stereocenters. The van der Waals surface area contributed by atoms with Crippen LogP contribution in [0, 0.1) is 6.92 Å². The van der Waals surface area contributed by atoms with Crippen molar-refractivity contribution in [3.63, 3.8) is 0 Å². The molecule has 2 rings (SSSR count). The van der Waals surface area contributed by atoms with E-state index in [1.54, 1.807) is 24.0 Å². The zero-order valence-electron chi connectivity index (χ0n) is 13.0. The standard InChI is InChI=1S/C16H21NO5/c1-10-4-5-13(6-14(10)18)16(20)21-9-15(19)17-7-11(2)22-12(3)8-17/h4-6,11-12,18H,7-9H2,1-3H3/t11-,12-/m0/s1. The lowest BCUT2D eigenvalue weighted by molar-refractivity contribution is -0.146. The van der Waals surface area contributed by atoms with E-state index in [2.05, 4.69) is 0 Å². The number of amides is 1. The van der Waals surface area contributed by atoms with Crippen molar-refractivity contribution in [2.45, 2.75) is 33.0 Å². The highest BCUT2D eigenvalue weighted by Crippen LogP contribution is 2.18. The second-order valence-electron chi connectivity index (χ2n) is 5.63. The SMILES string of the molecule is Cc1ccc(C(=O)OCC(=O)N2C[C@H](C)O[C@@H](C)C2)cc1O. The Labute approximate surface area is 129 Å². The summed E-state index contributed by atoms with van der Waals surface area (Å²) in [7, 11) is 0. The van der Waals surface area contributed by atoms with Gasteiger partial charge in [-0.05, 0) is 38.5 Å². The van der Waals surface area contributed by atoms with E-state index in [9.17, 15) is 14.7 Å². The molecule has 1 amide bonds. The minimum Gasteiger partial charge on any atom is -0.508 e. The highest BCUT2D eigenvalue weighted by Gasteiger charge is 2.26. The fourth-order valence-corrected chi connectivity index (χ4v) is 2.42. The number of phenolic OH excluding ortho intramolecular Hbond substituents is 1. The zero-order chi connectivity index (χ0) is 16.3. The molecule has 22 heavy (non-hydrogen) atoms. The highest BCUT2D eigenvalue weighted by atomic mass is 16.5. The van der Waals surface area contributed by atoms with Crippen molar-refractivity contribution in [3.8, 4) is 5.75 Å². The molecule has 1 fully saturated rings. The maximum Gasteiger partial charge on any atom is 0.338 e. The lowest BCUT2D eigenvalue weighted by Gasteiger charge is -2.35. The van der Waals surface area contributed by atoms with Gasteiger partial charge in [0.15, 0.2) is 6.61 Å². The number of carbonyl (C=O) groups excluding carboxylic acids is 2. The number of hydrogen-bond donors (Lipinski definition) is 1. The average Bonchev–Trinajstić information content (AvgIpc) is 2.46. The molecule has 120 valence electrons. The molecule has 0 aliphatic carbocycles. The van der Waals surface area contributed by atoms with Gasteiger partial charge in [0, 0.05) is 13.1 Å². The first-order valence-electron chi connectivity index (χ1n) is 7.26. The van der Waals surface area contributed by atoms with Crippen LogP contribution in [-0.4, -0.2) is 53.8 Å². The number of rotatable bonds is 3. The zero-order valence-corrected chi connectivity index (χ0v) is 13.0. The summed E-state index contributed by atoms with van der Waals surface area (Å²) in [6.45, 7) is 6.20. The monoisotopic (exact) mass is 307 g/mol. The second-order valence-corrected chi connectivity index (χ2v) is 5.63. The summed E-state index contributed by atoms with van der Waals surface area (Å²) in [5.74, 6) is -0.846. The largest absolute Gasteiger partial charge is 0.508 e. The van der Waals surface area contributed by atoms with Crippen molar-refractivity contribution in [2.24, 2.45) is 0 Å². The van der Waals surface area contributed by atoms with Crippen molar-refractivity contribution in [2.75, 3.05) is 19.7 Å². The van der Waals surface area contributed by atoms with Crippen molar-refractivity contribution >= 4 is 11.9 Å². The fourth-order valence-electron chi connectivity index (χ4n) is 2.42. The summed E-state index contributed by atoms with van der Waals surface area (Å²) in [5, 5.41) is 9.59. The van der Waals surface area contributed by atoms with Gasteiger partial charge in [-0.2, -0.15) is 0 Å². The van der Waals surface area contributed by atoms with E-state index in [1.807, 2.05) is 13.8 Å². The number of hydrogen-bond acceptors (Lipinski definition) is 5. The quantitative estimate of drug-likeness (QED) is 0.856.